The number of halogens is 3. The van der Waals surface area contributed by atoms with E-state index in [2.05, 4.69) is 21.3 Å². The SMILES string of the molecule is Cc1n(CCCOC(=O)C(O)(c2cccs2)C2CCC(F)(F)C2)cc[n+]1Cc1ccccc1.[Br-]. The summed E-state index contributed by atoms with van der Waals surface area (Å²) in [4.78, 5) is 13.3. The molecule has 0 radical (unpaired) electrons. The zero-order valence-corrected chi connectivity index (χ0v) is 21.4. The molecule has 3 aromatic rings. The van der Waals surface area contributed by atoms with E-state index in [1.165, 1.54) is 16.9 Å². The monoisotopic (exact) mass is 554 g/mol. The van der Waals surface area contributed by atoms with Gasteiger partial charge in [0.1, 0.15) is 18.9 Å². The van der Waals surface area contributed by atoms with Crippen LogP contribution in [0, 0.1) is 12.8 Å². The summed E-state index contributed by atoms with van der Waals surface area (Å²) in [6.07, 6.45) is 3.80. The lowest BCUT2D eigenvalue weighted by Gasteiger charge is -2.30. The largest absolute Gasteiger partial charge is 1.00 e. The van der Waals surface area contributed by atoms with Crippen molar-refractivity contribution in [2.75, 3.05) is 6.61 Å². The topological polar surface area (TPSA) is 55.3 Å². The van der Waals surface area contributed by atoms with Gasteiger partial charge in [0.05, 0.1) is 13.2 Å². The number of rotatable bonds is 9. The fourth-order valence-electron chi connectivity index (χ4n) is 4.51. The molecule has 0 bridgehead atoms. The Morgan fingerprint density at radius 1 is 1.29 bits per heavy atom. The molecule has 34 heavy (non-hydrogen) atoms. The third-order valence-electron chi connectivity index (χ3n) is 6.43. The predicted molar refractivity (Wildman–Crippen MR) is 121 cm³/mol. The normalized spacial score (nSPS) is 18.8. The summed E-state index contributed by atoms with van der Waals surface area (Å²) < 4.78 is 37.3. The first-order valence-electron chi connectivity index (χ1n) is 11.2. The molecule has 1 fully saturated rings. The molecule has 1 aliphatic carbocycles. The summed E-state index contributed by atoms with van der Waals surface area (Å²) in [6.45, 7) is 3.55. The van der Waals surface area contributed by atoms with E-state index < -0.39 is 29.8 Å². The highest BCUT2D eigenvalue weighted by molar-refractivity contribution is 7.10. The fourth-order valence-corrected chi connectivity index (χ4v) is 5.40. The van der Waals surface area contributed by atoms with E-state index in [0.29, 0.717) is 17.8 Å². The molecule has 2 atom stereocenters. The molecule has 0 saturated heterocycles. The average molecular weight is 555 g/mol. The minimum atomic E-state index is -2.86. The maximum absolute atomic E-state index is 13.8. The van der Waals surface area contributed by atoms with E-state index in [-0.39, 0.29) is 36.4 Å². The van der Waals surface area contributed by atoms with Gasteiger partial charge in [-0.2, -0.15) is 0 Å². The van der Waals surface area contributed by atoms with Gasteiger partial charge < -0.3 is 26.8 Å². The van der Waals surface area contributed by atoms with E-state index in [1.807, 2.05) is 37.5 Å². The van der Waals surface area contributed by atoms with Crippen LogP contribution < -0.4 is 21.5 Å². The van der Waals surface area contributed by atoms with Crippen molar-refractivity contribution in [1.29, 1.82) is 0 Å². The first-order valence-corrected chi connectivity index (χ1v) is 12.1. The van der Waals surface area contributed by atoms with Gasteiger partial charge in [0.15, 0.2) is 5.60 Å². The first kappa shape index (κ1) is 26.5. The second-order valence-corrected chi connectivity index (χ2v) is 9.63. The summed E-state index contributed by atoms with van der Waals surface area (Å²) >= 11 is 1.18. The van der Waals surface area contributed by atoms with E-state index >= 15 is 0 Å². The molecule has 4 rings (SSSR count). The highest BCUT2D eigenvalue weighted by Crippen LogP contribution is 2.48. The molecular formula is C25H29BrF2N2O3S. The third-order valence-corrected chi connectivity index (χ3v) is 7.43. The lowest BCUT2D eigenvalue weighted by molar-refractivity contribution is -0.694. The van der Waals surface area contributed by atoms with Crippen LogP contribution in [-0.2, 0) is 28.2 Å². The van der Waals surface area contributed by atoms with Gasteiger partial charge in [0.2, 0.25) is 5.92 Å². The summed E-state index contributed by atoms with van der Waals surface area (Å²) in [7, 11) is 0. The molecule has 1 N–H and O–H groups in total. The van der Waals surface area contributed by atoms with E-state index in [1.54, 1.807) is 17.5 Å². The van der Waals surface area contributed by atoms with Crippen LogP contribution in [0.15, 0.2) is 60.2 Å². The van der Waals surface area contributed by atoms with Crippen molar-refractivity contribution in [3.63, 3.8) is 0 Å². The number of carbonyl (C=O) groups excluding carboxylic acids is 1. The number of nitrogens with zero attached hydrogens (tertiary/aromatic N) is 2. The maximum atomic E-state index is 13.8. The van der Waals surface area contributed by atoms with Crippen LogP contribution in [0.1, 0.15) is 41.9 Å². The number of hydrogen-bond acceptors (Lipinski definition) is 4. The van der Waals surface area contributed by atoms with Gasteiger partial charge in [0, 0.05) is 37.0 Å². The number of alkyl halides is 2. The molecule has 1 aliphatic rings. The van der Waals surface area contributed by atoms with Crippen molar-refractivity contribution < 1.29 is 45.0 Å². The molecule has 1 aromatic carbocycles. The van der Waals surface area contributed by atoms with Crippen LogP contribution in [0.4, 0.5) is 8.78 Å². The summed E-state index contributed by atoms with van der Waals surface area (Å²) in [5.41, 5.74) is -0.821. The zero-order valence-electron chi connectivity index (χ0n) is 19.0. The smallest absolute Gasteiger partial charge is 0.343 e. The second kappa shape index (κ2) is 11.1. The number of aromatic nitrogens is 2. The van der Waals surface area contributed by atoms with Crippen LogP contribution in [0.2, 0.25) is 0 Å². The highest BCUT2D eigenvalue weighted by Gasteiger charge is 2.55. The number of carbonyl (C=O) groups is 1. The molecular weight excluding hydrogens is 526 g/mol. The van der Waals surface area contributed by atoms with Gasteiger partial charge >= 0.3 is 5.97 Å². The van der Waals surface area contributed by atoms with Gasteiger partial charge in [-0.25, -0.2) is 22.7 Å². The summed E-state index contributed by atoms with van der Waals surface area (Å²) in [5.74, 6) is -3.48. The number of aryl methyl sites for hydroxylation is 1. The molecule has 5 nitrogen and oxygen atoms in total. The van der Waals surface area contributed by atoms with Crippen molar-refractivity contribution in [3.8, 4) is 0 Å². The van der Waals surface area contributed by atoms with Gasteiger partial charge in [-0.1, -0.05) is 36.4 Å². The minimum Gasteiger partial charge on any atom is -1.00 e. The molecule has 184 valence electrons. The van der Waals surface area contributed by atoms with Crippen molar-refractivity contribution >= 4 is 17.3 Å². The maximum Gasteiger partial charge on any atom is 0.343 e. The number of imidazole rings is 1. The quantitative estimate of drug-likeness (QED) is 0.247. The van der Waals surface area contributed by atoms with Crippen molar-refractivity contribution in [2.24, 2.45) is 5.92 Å². The van der Waals surface area contributed by atoms with E-state index in [9.17, 15) is 18.7 Å². The molecule has 0 spiro atoms. The van der Waals surface area contributed by atoms with E-state index in [4.69, 9.17) is 4.74 Å². The lowest BCUT2D eigenvalue weighted by atomic mass is 9.84. The highest BCUT2D eigenvalue weighted by atomic mass is 79.9. The molecule has 2 aromatic heterocycles. The van der Waals surface area contributed by atoms with Crippen molar-refractivity contribution in [2.45, 2.75) is 57.2 Å². The predicted octanol–water partition coefficient (Wildman–Crippen LogP) is 1.45. The van der Waals surface area contributed by atoms with Crippen LogP contribution in [0.25, 0.3) is 0 Å². The number of thiophene rings is 1. The van der Waals surface area contributed by atoms with Gasteiger partial charge in [0.25, 0.3) is 5.82 Å². The minimum absolute atomic E-state index is 0. The van der Waals surface area contributed by atoms with Gasteiger partial charge in [-0.15, -0.1) is 11.3 Å². The number of esters is 1. The molecule has 2 heterocycles. The number of hydrogen-bond donors (Lipinski definition) is 1. The van der Waals surface area contributed by atoms with Crippen LogP contribution in [0.3, 0.4) is 0 Å². The Morgan fingerprint density at radius 2 is 2.06 bits per heavy atom. The summed E-state index contributed by atoms with van der Waals surface area (Å²) in [5, 5.41) is 13.0. The Balaban J connectivity index is 0.00000324. The van der Waals surface area contributed by atoms with E-state index in [0.717, 1.165) is 12.4 Å². The van der Waals surface area contributed by atoms with Gasteiger partial charge in [-0.05, 0) is 23.4 Å². The Labute approximate surface area is 212 Å². The fraction of sp³-hybridized carbons (Fsp3) is 0.440. The number of aliphatic hydroxyl groups is 1. The van der Waals surface area contributed by atoms with Crippen LogP contribution in [0.5, 0.6) is 0 Å². The standard InChI is InChI=1S/C25H29F2N2O3S.BrH/c1-19-28(13-14-29(19)18-20-7-3-2-4-8-20)12-6-15-32-23(30)25(31,22-9-5-16-33-22)21-10-11-24(26,27)17-21;/h2-5,7-9,13-14,16,21,31H,6,10-12,15,17-18H2,1H3;1H/q+1;/p-1. The van der Waals surface area contributed by atoms with Gasteiger partial charge in [-0.3, -0.25) is 0 Å². The van der Waals surface area contributed by atoms with Crippen LogP contribution >= 0.6 is 11.3 Å². The Morgan fingerprint density at radius 3 is 2.71 bits per heavy atom. The Hall–Kier alpha value is -2.10. The number of benzene rings is 1. The number of ether oxygens (including phenoxy) is 1. The molecule has 1 saturated carbocycles. The molecule has 0 amide bonds. The molecule has 0 aliphatic heterocycles. The Bertz CT molecular complexity index is 1080. The summed E-state index contributed by atoms with van der Waals surface area (Å²) in [6, 6.07) is 13.5. The van der Waals surface area contributed by atoms with Crippen molar-refractivity contribution in [1.82, 2.24) is 4.57 Å². The molecule has 9 heteroatoms. The van der Waals surface area contributed by atoms with Crippen LogP contribution in [-0.4, -0.2) is 28.2 Å². The third kappa shape index (κ3) is 5.75. The Kier molecular flexibility index (Phi) is 8.65. The molecule has 2 unspecified atom stereocenters. The first-order chi connectivity index (χ1) is 15.8. The van der Waals surface area contributed by atoms with Crippen molar-refractivity contribution in [3.05, 3.63) is 76.5 Å². The average Bonchev–Trinajstić information content (AvgIpc) is 3.54. The zero-order chi connectivity index (χ0) is 23.5. The second-order valence-electron chi connectivity index (χ2n) is 8.68. The lowest BCUT2D eigenvalue weighted by Crippen LogP contribution is -3.00.